The first-order valence-electron chi connectivity index (χ1n) is 7.06. The molecule has 23 heavy (non-hydrogen) atoms. The monoisotopic (exact) mass is 326 g/mol. The second-order valence-electron chi connectivity index (χ2n) is 5.29. The molecule has 0 amide bonds. The van der Waals surface area contributed by atoms with Gasteiger partial charge in [-0.1, -0.05) is 0 Å². The third-order valence-corrected chi connectivity index (χ3v) is 3.40. The summed E-state index contributed by atoms with van der Waals surface area (Å²) in [4.78, 5) is 47.6. The fourth-order valence-corrected chi connectivity index (χ4v) is 2.36. The molecule has 1 aliphatic heterocycles. The number of aryl methyl sites for hydroxylation is 1. The molecule has 1 saturated heterocycles. The van der Waals surface area contributed by atoms with Gasteiger partial charge in [0, 0.05) is 32.0 Å². The predicted octanol–water partition coefficient (Wildman–Crippen LogP) is -0.373. The molecule has 9 heteroatoms. The van der Waals surface area contributed by atoms with Gasteiger partial charge in [0.2, 0.25) is 0 Å². The average Bonchev–Trinajstić information content (AvgIpc) is 2.82. The van der Waals surface area contributed by atoms with Crippen molar-refractivity contribution in [2.24, 2.45) is 0 Å². The number of aromatic amines is 1. The second kappa shape index (κ2) is 6.78. The molecule has 1 fully saturated rings. The van der Waals surface area contributed by atoms with Crippen molar-refractivity contribution in [2.75, 3.05) is 6.61 Å². The Balaban J connectivity index is 2.23. The van der Waals surface area contributed by atoms with Gasteiger partial charge in [-0.15, -0.1) is 0 Å². The van der Waals surface area contributed by atoms with Crippen molar-refractivity contribution >= 4 is 11.9 Å². The second-order valence-corrected chi connectivity index (χ2v) is 5.29. The molecule has 2 unspecified atom stereocenters. The first-order chi connectivity index (χ1) is 10.8. The molecular formula is C14H18N2O7. The molecule has 9 nitrogen and oxygen atoms in total. The van der Waals surface area contributed by atoms with Crippen molar-refractivity contribution in [1.29, 1.82) is 0 Å². The van der Waals surface area contributed by atoms with E-state index in [0.29, 0.717) is 5.56 Å². The third kappa shape index (κ3) is 4.07. The van der Waals surface area contributed by atoms with Crippen LogP contribution in [0.5, 0.6) is 0 Å². The van der Waals surface area contributed by atoms with Gasteiger partial charge in [0.25, 0.3) is 5.56 Å². The van der Waals surface area contributed by atoms with E-state index in [1.807, 2.05) is 0 Å². The van der Waals surface area contributed by atoms with Crippen LogP contribution in [0.25, 0.3) is 0 Å². The van der Waals surface area contributed by atoms with E-state index in [4.69, 9.17) is 14.2 Å². The number of carbonyl (C=O) groups is 2. The van der Waals surface area contributed by atoms with Gasteiger partial charge in [0.1, 0.15) is 25.0 Å². The summed E-state index contributed by atoms with van der Waals surface area (Å²) >= 11 is 0. The highest BCUT2D eigenvalue weighted by atomic mass is 16.6. The Kier molecular flexibility index (Phi) is 4.99. The zero-order valence-corrected chi connectivity index (χ0v) is 13.0. The van der Waals surface area contributed by atoms with Crippen LogP contribution in [0.4, 0.5) is 0 Å². The van der Waals surface area contributed by atoms with E-state index >= 15 is 0 Å². The molecule has 1 N–H and O–H groups in total. The average molecular weight is 326 g/mol. The molecular weight excluding hydrogens is 308 g/mol. The fraction of sp³-hybridized carbons (Fsp3) is 0.571. The van der Waals surface area contributed by atoms with Crippen molar-refractivity contribution in [2.45, 2.75) is 45.6 Å². The largest absolute Gasteiger partial charge is 0.463 e. The molecule has 2 heterocycles. The van der Waals surface area contributed by atoms with Crippen molar-refractivity contribution in [1.82, 2.24) is 9.55 Å². The summed E-state index contributed by atoms with van der Waals surface area (Å²) < 4.78 is 17.0. The highest BCUT2D eigenvalue weighted by Gasteiger charge is 2.39. The standard InChI is InChI=1S/C14H18N2O7/c1-7-5-16(14(20)15-13(7)19)12-4-10(22-9(3)18)11(23-12)6-21-8(2)17/h5,10-12H,4,6H2,1-3H3,(H,15,19,20)/t10?,11?,12-/m1/s1. The molecule has 2 rings (SSSR count). The van der Waals surface area contributed by atoms with Crippen LogP contribution in [-0.4, -0.2) is 40.3 Å². The van der Waals surface area contributed by atoms with Crippen LogP contribution in [0.1, 0.15) is 32.1 Å². The van der Waals surface area contributed by atoms with E-state index in [9.17, 15) is 19.2 Å². The molecule has 3 atom stereocenters. The summed E-state index contributed by atoms with van der Waals surface area (Å²) in [6, 6.07) is 0. The van der Waals surface area contributed by atoms with Crippen LogP contribution < -0.4 is 11.2 Å². The maximum Gasteiger partial charge on any atom is 0.330 e. The van der Waals surface area contributed by atoms with Crippen molar-refractivity contribution in [3.8, 4) is 0 Å². The van der Waals surface area contributed by atoms with Gasteiger partial charge in [-0.05, 0) is 6.92 Å². The Hall–Kier alpha value is -2.42. The van der Waals surface area contributed by atoms with Crippen molar-refractivity contribution < 1.29 is 23.8 Å². The molecule has 1 aromatic heterocycles. The number of aromatic nitrogens is 2. The van der Waals surface area contributed by atoms with Gasteiger partial charge in [0.15, 0.2) is 0 Å². The normalized spacial score (nSPS) is 23.5. The topological polar surface area (TPSA) is 117 Å². The van der Waals surface area contributed by atoms with Crippen LogP contribution in [0.3, 0.4) is 0 Å². The zero-order valence-electron chi connectivity index (χ0n) is 13.0. The van der Waals surface area contributed by atoms with Gasteiger partial charge in [-0.3, -0.25) is 23.9 Å². The Morgan fingerprint density at radius 3 is 2.65 bits per heavy atom. The minimum absolute atomic E-state index is 0.0964. The van der Waals surface area contributed by atoms with Crippen LogP contribution in [0.2, 0.25) is 0 Å². The molecule has 0 radical (unpaired) electrons. The number of nitrogens with zero attached hydrogens (tertiary/aromatic N) is 1. The summed E-state index contributed by atoms with van der Waals surface area (Å²) in [6.07, 6.45) is -0.493. The Morgan fingerprint density at radius 1 is 1.35 bits per heavy atom. The Morgan fingerprint density at radius 2 is 2.04 bits per heavy atom. The first kappa shape index (κ1) is 16.9. The fourth-order valence-electron chi connectivity index (χ4n) is 2.36. The van der Waals surface area contributed by atoms with Crippen LogP contribution >= 0.6 is 0 Å². The SMILES string of the molecule is CC(=O)OCC1O[C@@H](n2cc(C)c(=O)[nH]c2=O)CC1OC(C)=O. The molecule has 1 aliphatic rings. The quantitative estimate of drug-likeness (QED) is 0.750. The van der Waals surface area contributed by atoms with Crippen LogP contribution in [0, 0.1) is 6.92 Å². The lowest BCUT2D eigenvalue weighted by molar-refractivity contribution is -0.155. The lowest BCUT2D eigenvalue weighted by Gasteiger charge is -2.17. The Labute approximate surface area is 131 Å². The number of hydrogen-bond acceptors (Lipinski definition) is 7. The zero-order chi connectivity index (χ0) is 17.1. The summed E-state index contributed by atoms with van der Waals surface area (Å²) in [5.74, 6) is -0.993. The smallest absolute Gasteiger partial charge is 0.330 e. The molecule has 0 saturated carbocycles. The third-order valence-electron chi connectivity index (χ3n) is 3.40. The van der Waals surface area contributed by atoms with Gasteiger partial charge >= 0.3 is 17.6 Å². The first-order valence-corrected chi connectivity index (χ1v) is 7.06. The summed E-state index contributed by atoms with van der Waals surface area (Å²) in [5.41, 5.74) is -0.752. The predicted molar refractivity (Wildman–Crippen MR) is 76.8 cm³/mol. The molecule has 1 aromatic rings. The van der Waals surface area contributed by atoms with E-state index in [-0.39, 0.29) is 13.0 Å². The highest BCUT2D eigenvalue weighted by molar-refractivity contribution is 5.66. The minimum Gasteiger partial charge on any atom is -0.463 e. The number of rotatable bonds is 4. The maximum atomic E-state index is 11.9. The summed E-state index contributed by atoms with van der Waals surface area (Å²) in [5, 5.41) is 0. The van der Waals surface area contributed by atoms with E-state index in [1.165, 1.54) is 24.6 Å². The van der Waals surface area contributed by atoms with E-state index in [1.54, 1.807) is 6.92 Å². The van der Waals surface area contributed by atoms with E-state index in [2.05, 4.69) is 4.98 Å². The lowest BCUT2D eigenvalue weighted by Crippen LogP contribution is -2.33. The number of nitrogens with one attached hydrogen (secondary N) is 1. The van der Waals surface area contributed by atoms with E-state index < -0.39 is 41.6 Å². The molecule has 126 valence electrons. The highest BCUT2D eigenvalue weighted by Crippen LogP contribution is 2.30. The van der Waals surface area contributed by atoms with Gasteiger partial charge in [-0.2, -0.15) is 0 Å². The number of hydrogen-bond donors (Lipinski definition) is 1. The maximum absolute atomic E-state index is 11.9. The minimum atomic E-state index is -0.733. The van der Waals surface area contributed by atoms with Gasteiger partial charge in [-0.25, -0.2) is 4.79 Å². The number of esters is 2. The van der Waals surface area contributed by atoms with Crippen LogP contribution in [0.15, 0.2) is 15.8 Å². The summed E-state index contributed by atoms with van der Waals surface area (Å²) in [6.45, 7) is 3.97. The van der Waals surface area contributed by atoms with E-state index in [0.717, 1.165) is 0 Å². The van der Waals surface area contributed by atoms with Gasteiger partial charge < -0.3 is 14.2 Å². The Bertz CT molecular complexity index is 721. The lowest BCUT2D eigenvalue weighted by atomic mass is 10.2. The van der Waals surface area contributed by atoms with Crippen molar-refractivity contribution in [3.05, 3.63) is 32.6 Å². The number of ether oxygens (including phenoxy) is 3. The molecule has 0 bridgehead atoms. The molecule has 0 aromatic carbocycles. The van der Waals surface area contributed by atoms with Crippen LogP contribution in [-0.2, 0) is 23.8 Å². The van der Waals surface area contributed by atoms with Gasteiger partial charge in [0.05, 0.1) is 0 Å². The molecule has 0 aliphatic carbocycles. The summed E-state index contributed by atoms with van der Waals surface area (Å²) in [7, 11) is 0. The number of H-pyrrole nitrogens is 1. The van der Waals surface area contributed by atoms with Crippen molar-refractivity contribution in [3.63, 3.8) is 0 Å². The molecule has 0 spiro atoms. The number of carbonyl (C=O) groups excluding carboxylic acids is 2.